The maximum atomic E-state index is 11.9. The number of guanidine groups is 1. The van der Waals surface area contributed by atoms with Gasteiger partial charge in [0.05, 0.1) is 6.61 Å². The first-order valence-electron chi connectivity index (χ1n) is 10.2. The van der Waals surface area contributed by atoms with Crippen LogP contribution in [0.25, 0.3) is 0 Å². The van der Waals surface area contributed by atoms with Crippen LogP contribution in [0.4, 0.5) is 0 Å². The van der Waals surface area contributed by atoms with E-state index in [4.69, 9.17) is 4.74 Å². The fourth-order valence-corrected chi connectivity index (χ4v) is 3.87. The molecule has 0 aromatic heterocycles. The van der Waals surface area contributed by atoms with E-state index >= 15 is 0 Å². The van der Waals surface area contributed by atoms with Crippen molar-refractivity contribution in [2.75, 3.05) is 33.3 Å². The Balaban J connectivity index is 0.00000280. The predicted octanol–water partition coefficient (Wildman–Crippen LogP) is 2.64. The van der Waals surface area contributed by atoms with Gasteiger partial charge in [0.15, 0.2) is 5.96 Å². The first kappa shape index (κ1) is 22.8. The molecule has 2 aliphatic rings. The molecule has 0 spiro atoms. The van der Waals surface area contributed by atoms with Gasteiger partial charge in [-0.2, -0.15) is 0 Å². The maximum absolute atomic E-state index is 11.9. The van der Waals surface area contributed by atoms with Crippen molar-refractivity contribution < 1.29 is 9.53 Å². The molecule has 156 valence electrons. The molecule has 1 aromatic carbocycles. The van der Waals surface area contributed by atoms with Gasteiger partial charge in [-0.25, -0.2) is 0 Å². The van der Waals surface area contributed by atoms with Crippen LogP contribution in [0, 0.1) is 5.92 Å². The van der Waals surface area contributed by atoms with Gasteiger partial charge in [-0.1, -0.05) is 25.0 Å². The first-order valence-corrected chi connectivity index (χ1v) is 10.2. The Morgan fingerprint density at radius 2 is 1.89 bits per heavy atom. The molecule has 0 radical (unpaired) electrons. The van der Waals surface area contributed by atoms with E-state index < -0.39 is 0 Å². The third kappa shape index (κ3) is 7.14. The van der Waals surface area contributed by atoms with Gasteiger partial charge in [-0.05, 0) is 42.4 Å². The van der Waals surface area contributed by atoms with E-state index in [1.165, 1.54) is 36.8 Å². The van der Waals surface area contributed by atoms with Gasteiger partial charge in [0, 0.05) is 39.5 Å². The molecule has 0 bridgehead atoms. The van der Waals surface area contributed by atoms with E-state index in [1.807, 2.05) is 0 Å². The molecule has 0 atom stereocenters. The van der Waals surface area contributed by atoms with Gasteiger partial charge in [-0.3, -0.25) is 9.79 Å². The Hall–Kier alpha value is -1.51. The molecule has 1 aliphatic carbocycles. The van der Waals surface area contributed by atoms with Crippen LogP contribution in [-0.2, 0) is 17.6 Å². The summed E-state index contributed by atoms with van der Waals surface area (Å²) in [4.78, 5) is 16.2. The smallest absolute Gasteiger partial charge is 0.220 e. The van der Waals surface area contributed by atoms with Crippen molar-refractivity contribution in [3.63, 3.8) is 0 Å². The second-order valence-electron chi connectivity index (χ2n) is 7.42. The second-order valence-corrected chi connectivity index (χ2v) is 7.42. The molecule has 7 heteroatoms. The molecule has 1 aromatic rings. The number of hydrogen-bond donors (Lipinski definition) is 3. The maximum Gasteiger partial charge on any atom is 0.220 e. The minimum atomic E-state index is 0. The van der Waals surface area contributed by atoms with Crippen LogP contribution in [0.2, 0.25) is 0 Å². The van der Waals surface area contributed by atoms with Gasteiger partial charge in [0.25, 0.3) is 0 Å². The summed E-state index contributed by atoms with van der Waals surface area (Å²) < 4.78 is 5.55. The summed E-state index contributed by atoms with van der Waals surface area (Å²) in [5, 5.41) is 9.58. The molecule has 6 nitrogen and oxygen atoms in total. The fraction of sp³-hybridized carbons (Fsp3) is 0.619. The summed E-state index contributed by atoms with van der Waals surface area (Å²) >= 11 is 0. The predicted molar refractivity (Wildman–Crippen MR) is 124 cm³/mol. The first-order chi connectivity index (χ1) is 13.2. The Bertz CT molecular complexity index is 660. The highest BCUT2D eigenvalue weighted by molar-refractivity contribution is 14.0. The summed E-state index contributed by atoms with van der Waals surface area (Å²) in [7, 11) is 1.76. The number of benzene rings is 1. The number of carbonyl (C=O) groups is 1. The zero-order valence-corrected chi connectivity index (χ0v) is 19.1. The molecule has 1 saturated carbocycles. The number of aliphatic imine (C=N–C) groups is 1. The summed E-state index contributed by atoms with van der Waals surface area (Å²) in [5.41, 5.74) is 2.62. The third-order valence-electron chi connectivity index (χ3n) is 5.37. The molecule has 1 aliphatic heterocycles. The molecule has 1 heterocycles. The zero-order chi connectivity index (χ0) is 18.9. The lowest BCUT2D eigenvalue weighted by Crippen LogP contribution is -2.42. The normalized spacial score (nSPS) is 16.1. The molecule has 0 saturated heterocycles. The number of amides is 1. The van der Waals surface area contributed by atoms with E-state index in [1.54, 1.807) is 7.05 Å². The van der Waals surface area contributed by atoms with Crippen LogP contribution in [0.3, 0.4) is 0 Å². The van der Waals surface area contributed by atoms with E-state index in [2.05, 4.69) is 39.1 Å². The zero-order valence-electron chi connectivity index (χ0n) is 16.8. The van der Waals surface area contributed by atoms with E-state index in [9.17, 15) is 4.79 Å². The van der Waals surface area contributed by atoms with Gasteiger partial charge >= 0.3 is 0 Å². The molecule has 28 heavy (non-hydrogen) atoms. The molecule has 0 unspecified atom stereocenters. The van der Waals surface area contributed by atoms with Crippen LogP contribution in [0.5, 0.6) is 5.75 Å². The summed E-state index contributed by atoms with van der Waals surface area (Å²) in [5.74, 6) is 2.56. The van der Waals surface area contributed by atoms with Crippen molar-refractivity contribution in [2.24, 2.45) is 10.9 Å². The lowest BCUT2D eigenvalue weighted by molar-refractivity contribution is -0.121. The lowest BCUT2D eigenvalue weighted by Gasteiger charge is -2.13. The lowest BCUT2D eigenvalue weighted by atomic mass is 10.0. The molecule has 3 N–H and O–H groups in total. The molecular formula is C21H33IN4O2. The molecular weight excluding hydrogens is 467 g/mol. The van der Waals surface area contributed by atoms with Crippen LogP contribution in [-0.4, -0.2) is 45.2 Å². The third-order valence-corrected chi connectivity index (χ3v) is 5.37. The highest BCUT2D eigenvalue weighted by atomic mass is 127. The number of carbonyl (C=O) groups excluding carboxylic acids is 1. The Labute approximate surface area is 185 Å². The van der Waals surface area contributed by atoms with Crippen molar-refractivity contribution in [2.45, 2.75) is 44.9 Å². The van der Waals surface area contributed by atoms with Crippen molar-refractivity contribution in [1.29, 1.82) is 0 Å². The van der Waals surface area contributed by atoms with Gasteiger partial charge < -0.3 is 20.7 Å². The van der Waals surface area contributed by atoms with Gasteiger partial charge in [0.1, 0.15) is 5.75 Å². The van der Waals surface area contributed by atoms with Crippen LogP contribution < -0.4 is 20.7 Å². The van der Waals surface area contributed by atoms with Gasteiger partial charge in [-0.15, -0.1) is 24.0 Å². The number of halogens is 1. The number of rotatable bonds is 8. The van der Waals surface area contributed by atoms with Crippen molar-refractivity contribution in [3.8, 4) is 5.75 Å². The number of nitrogens with zero attached hydrogens (tertiary/aromatic N) is 1. The Morgan fingerprint density at radius 3 is 2.68 bits per heavy atom. The van der Waals surface area contributed by atoms with Crippen LogP contribution in [0.15, 0.2) is 23.2 Å². The Morgan fingerprint density at radius 1 is 1.14 bits per heavy atom. The standard InChI is InChI=1S/C21H32N4O2.HI/c1-22-21(25-12-11-23-20(26)15-16-4-2-3-5-16)24-10-8-17-6-7-19-18(14-17)9-13-27-19;/h6-7,14,16H,2-5,8-13,15H2,1H3,(H,23,26)(H2,22,24,25);1H. The van der Waals surface area contributed by atoms with E-state index in [0.29, 0.717) is 25.4 Å². The Kier molecular flexibility index (Phi) is 9.87. The van der Waals surface area contributed by atoms with Gasteiger partial charge in [0.2, 0.25) is 5.91 Å². The van der Waals surface area contributed by atoms with Crippen LogP contribution in [0.1, 0.15) is 43.2 Å². The van der Waals surface area contributed by atoms with E-state index in [0.717, 1.165) is 37.7 Å². The highest BCUT2D eigenvalue weighted by Gasteiger charge is 2.18. The summed E-state index contributed by atoms with van der Waals surface area (Å²) in [6.45, 7) is 2.90. The number of fused-ring (bicyclic) bond motifs is 1. The summed E-state index contributed by atoms with van der Waals surface area (Å²) in [6.07, 6.45) is 7.59. The topological polar surface area (TPSA) is 74.8 Å². The quantitative estimate of drug-likeness (QED) is 0.222. The highest BCUT2D eigenvalue weighted by Crippen LogP contribution is 2.27. The van der Waals surface area contributed by atoms with E-state index in [-0.39, 0.29) is 29.9 Å². The summed E-state index contributed by atoms with van der Waals surface area (Å²) in [6, 6.07) is 6.43. The van der Waals surface area contributed by atoms with Crippen molar-refractivity contribution in [3.05, 3.63) is 29.3 Å². The molecule has 1 fully saturated rings. The SMILES string of the molecule is CN=C(NCCNC(=O)CC1CCCC1)NCCc1ccc2c(c1)CCO2.I. The van der Waals surface area contributed by atoms with Crippen LogP contribution >= 0.6 is 24.0 Å². The van der Waals surface area contributed by atoms with Crippen molar-refractivity contribution in [1.82, 2.24) is 16.0 Å². The van der Waals surface area contributed by atoms with Crippen molar-refractivity contribution >= 4 is 35.8 Å². The molecule has 1 amide bonds. The fourth-order valence-electron chi connectivity index (χ4n) is 3.87. The number of hydrogen-bond acceptors (Lipinski definition) is 3. The monoisotopic (exact) mass is 500 g/mol. The molecule has 3 rings (SSSR count). The number of nitrogens with one attached hydrogen (secondary N) is 3. The number of ether oxygens (including phenoxy) is 1. The largest absolute Gasteiger partial charge is 0.493 e. The average Bonchev–Trinajstić information content (AvgIpc) is 3.34. The average molecular weight is 500 g/mol. The minimum Gasteiger partial charge on any atom is -0.493 e. The second kappa shape index (κ2) is 12.1. The minimum absolute atomic E-state index is 0.